The lowest BCUT2D eigenvalue weighted by molar-refractivity contribution is -0.385. The Morgan fingerprint density at radius 2 is 1.74 bits per heavy atom. The third kappa shape index (κ3) is 6.89. The normalized spacial score (nSPS) is 22.9. The number of anilines is 1. The van der Waals surface area contributed by atoms with E-state index in [4.69, 9.17) is 4.74 Å². The first-order chi connectivity index (χ1) is 14.6. The molecule has 0 spiro atoms. The van der Waals surface area contributed by atoms with Crippen LogP contribution in [0.3, 0.4) is 0 Å². The Balaban J connectivity index is 1.40. The van der Waals surface area contributed by atoms with Gasteiger partial charge in [0.15, 0.2) is 5.82 Å². The summed E-state index contributed by atoms with van der Waals surface area (Å²) in [5.74, 6) is 0.433. The zero-order chi connectivity index (χ0) is 22.6. The fraction of sp³-hybridized carbons (Fsp3) is 0.696. The quantitative estimate of drug-likeness (QED) is 0.375. The lowest BCUT2D eigenvalue weighted by Crippen LogP contribution is -2.48. The molecule has 0 amide bonds. The van der Waals surface area contributed by atoms with Gasteiger partial charge in [-0.3, -0.25) is 19.8 Å². The summed E-state index contributed by atoms with van der Waals surface area (Å²) in [7, 11) is 0. The molecule has 8 heteroatoms. The average Bonchev–Trinajstić information content (AvgIpc) is 2.68. The maximum absolute atomic E-state index is 14.3. The maximum atomic E-state index is 14.3. The fourth-order valence-electron chi connectivity index (χ4n) is 4.64. The summed E-state index contributed by atoms with van der Waals surface area (Å²) in [6.07, 6.45) is 4.91. The number of hydrogen-bond acceptors (Lipinski definition) is 6. The number of piperazine rings is 1. The van der Waals surface area contributed by atoms with Crippen molar-refractivity contribution < 1.29 is 18.8 Å². The van der Waals surface area contributed by atoms with Crippen LogP contribution < -0.4 is 4.90 Å². The van der Waals surface area contributed by atoms with E-state index in [9.17, 15) is 19.3 Å². The summed E-state index contributed by atoms with van der Waals surface area (Å²) < 4.78 is 19.7. The molecule has 1 saturated heterocycles. The highest BCUT2D eigenvalue weighted by Crippen LogP contribution is 2.32. The van der Waals surface area contributed by atoms with E-state index in [-0.39, 0.29) is 11.7 Å². The van der Waals surface area contributed by atoms with Gasteiger partial charge in [0.2, 0.25) is 0 Å². The molecule has 0 N–H and O–H groups in total. The summed E-state index contributed by atoms with van der Waals surface area (Å²) in [5.41, 5.74) is -0.205. The number of hydrogen-bond donors (Lipinski definition) is 0. The van der Waals surface area contributed by atoms with Crippen LogP contribution >= 0.6 is 0 Å². The van der Waals surface area contributed by atoms with Gasteiger partial charge in [0, 0.05) is 45.2 Å². The van der Waals surface area contributed by atoms with Gasteiger partial charge in [-0.1, -0.05) is 0 Å². The van der Waals surface area contributed by atoms with Gasteiger partial charge in [-0.25, -0.2) is 4.39 Å². The molecular weight excluding hydrogens is 401 g/mol. The number of nitrogens with zero attached hydrogens (tertiary/aromatic N) is 3. The molecule has 31 heavy (non-hydrogen) atoms. The van der Waals surface area contributed by atoms with Crippen LogP contribution in [0.15, 0.2) is 18.2 Å². The molecule has 7 nitrogen and oxygen atoms in total. The first kappa shape index (κ1) is 23.4. The highest BCUT2D eigenvalue weighted by atomic mass is 19.1. The predicted octanol–water partition coefficient (Wildman–Crippen LogP) is 4.39. The summed E-state index contributed by atoms with van der Waals surface area (Å²) >= 11 is 0. The Kier molecular flexibility index (Phi) is 7.51. The predicted molar refractivity (Wildman–Crippen MR) is 118 cm³/mol. The largest absolute Gasteiger partial charge is 0.460 e. The first-order valence-electron chi connectivity index (χ1n) is 11.2. The van der Waals surface area contributed by atoms with E-state index in [1.807, 2.05) is 25.7 Å². The van der Waals surface area contributed by atoms with Crippen LogP contribution in [0.2, 0.25) is 0 Å². The second kappa shape index (κ2) is 9.94. The molecule has 0 unspecified atom stereocenters. The van der Waals surface area contributed by atoms with E-state index >= 15 is 0 Å². The Hall–Kier alpha value is -2.22. The van der Waals surface area contributed by atoms with Crippen molar-refractivity contribution in [2.45, 2.75) is 58.5 Å². The Bertz CT molecular complexity index is 780. The van der Waals surface area contributed by atoms with Gasteiger partial charge in [0.25, 0.3) is 5.69 Å². The average molecular weight is 436 g/mol. The zero-order valence-corrected chi connectivity index (χ0v) is 18.8. The van der Waals surface area contributed by atoms with Gasteiger partial charge in [-0.05, 0) is 64.4 Å². The smallest absolute Gasteiger partial charge is 0.306 e. The molecule has 0 bridgehead atoms. The highest BCUT2D eigenvalue weighted by Gasteiger charge is 2.28. The van der Waals surface area contributed by atoms with Crippen molar-refractivity contribution in [1.82, 2.24) is 4.90 Å². The number of nitro benzene ring substituents is 1. The number of carbonyl (C=O) groups excluding carboxylic acids is 1. The van der Waals surface area contributed by atoms with Gasteiger partial charge in [0.1, 0.15) is 5.60 Å². The lowest BCUT2D eigenvalue weighted by atomic mass is 9.80. The Morgan fingerprint density at radius 3 is 2.29 bits per heavy atom. The molecule has 0 radical (unpaired) electrons. The molecule has 1 saturated carbocycles. The molecule has 2 fully saturated rings. The van der Waals surface area contributed by atoms with Gasteiger partial charge in [0.05, 0.1) is 16.7 Å². The number of benzene rings is 1. The number of ether oxygens (including phenoxy) is 1. The molecule has 1 aromatic carbocycles. The van der Waals surface area contributed by atoms with Crippen LogP contribution in [0.1, 0.15) is 52.9 Å². The molecule has 0 aromatic heterocycles. The molecule has 1 aliphatic carbocycles. The van der Waals surface area contributed by atoms with E-state index in [0.29, 0.717) is 37.0 Å². The van der Waals surface area contributed by atoms with Gasteiger partial charge in [-0.15, -0.1) is 0 Å². The zero-order valence-electron chi connectivity index (χ0n) is 18.8. The van der Waals surface area contributed by atoms with E-state index in [0.717, 1.165) is 51.4 Å². The molecule has 0 atom stereocenters. The summed E-state index contributed by atoms with van der Waals surface area (Å²) in [6, 6.07) is 3.87. The SMILES string of the molecule is CC(C)(C)OC(=O)C[C@H]1CC[C@H](CN2CCN(c3ccc([N+](=O)[O-])cc3F)CC2)CC1. The van der Waals surface area contributed by atoms with Crippen molar-refractivity contribution in [2.75, 3.05) is 37.6 Å². The molecular formula is C23H34FN3O4. The number of non-ortho nitro benzene ring substituents is 1. The minimum atomic E-state index is -0.576. The van der Waals surface area contributed by atoms with Crippen LogP contribution in [0, 0.1) is 27.8 Å². The van der Waals surface area contributed by atoms with Crippen molar-refractivity contribution >= 4 is 17.3 Å². The standard InChI is InChI=1S/C23H34FN3O4/c1-23(2,3)31-22(28)14-17-4-6-18(7-5-17)16-25-10-12-26(13-11-25)21-9-8-19(27(29)30)15-20(21)24/h8-9,15,17-18H,4-7,10-14,16H2,1-3H3/t17-,18-. The Labute approximate surface area is 183 Å². The van der Waals surface area contributed by atoms with Crippen molar-refractivity contribution in [3.05, 3.63) is 34.1 Å². The number of nitro groups is 1. The second-order valence-electron chi connectivity index (χ2n) is 9.86. The summed E-state index contributed by atoms with van der Waals surface area (Å²) in [5, 5.41) is 10.8. The lowest BCUT2D eigenvalue weighted by Gasteiger charge is -2.39. The van der Waals surface area contributed by atoms with Crippen LogP contribution in [0.5, 0.6) is 0 Å². The first-order valence-corrected chi connectivity index (χ1v) is 11.2. The topological polar surface area (TPSA) is 75.9 Å². The number of rotatable bonds is 6. The molecule has 1 aliphatic heterocycles. The summed E-state index contributed by atoms with van der Waals surface area (Å²) in [4.78, 5) is 26.7. The van der Waals surface area contributed by atoms with Crippen LogP contribution in [-0.2, 0) is 9.53 Å². The van der Waals surface area contributed by atoms with E-state index in [1.165, 1.54) is 12.1 Å². The van der Waals surface area contributed by atoms with Crippen molar-refractivity contribution in [2.24, 2.45) is 11.8 Å². The van der Waals surface area contributed by atoms with Crippen LogP contribution in [0.25, 0.3) is 0 Å². The fourth-order valence-corrected chi connectivity index (χ4v) is 4.64. The van der Waals surface area contributed by atoms with E-state index in [1.54, 1.807) is 0 Å². The van der Waals surface area contributed by atoms with Crippen molar-refractivity contribution in [1.29, 1.82) is 0 Å². The number of carbonyl (C=O) groups is 1. The molecule has 172 valence electrons. The van der Waals surface area contributed by atoms with Crippen molar-refractivity contribution in [3.63, 3.8) is 0 Å². The van der Waals surface area contributed by atoms with Gasteiger partial charge < -0.3 is 9.64 Å². The van der Waals surface area contributed by atoms with Crippen LogP contribution in [0.4, 0.5) is 15.8 Å². The van der Waals surface area contributed by atoms with E-state index in [2.05, 4.69) is 4.90 Å². The van der Waals surface area contributed by atoms with Crippen molar-refractivity contribution in [3.8, 4) is 0 Å². The highest BCUT2D eigenvalue weighted by molar-refractivity contribution is 5.70. The maximum Gasteiger partial charge on any atom is 0.306 e. The van der Waals surface area contributed by atoms with E-state index < -0.39 is 16.3 Å². The minimum Gasteiger partial charge on any atom is -0.460 e. The minimum absolute atomic E-state index is 0.0921. The Morgan fingerprint density at radius 1 is 1.13 bits per heavy atom. The van der Waals surface area contributed by atoms with Gasteiger partial charge in [-0.2, -0.15) is 0 Å². The number of esters is 1. The molecule has 3 rings (SSSR count). The third-order valence-electron chi connectivity index (χ3n) is 6.21. The molecule has 2 aliphatic rings. The third-order valence-corrected chi connectivity index (χ3v) is 6.21. The molecule has 1 aromatic rings. The van der Waals surface area contributed by atoms with Crippen LogP contribution in [-0.4, -0.2) is 54.1 Å². The molecule has 1 heterocycles. The second-order valence-corrected chi connectivity index (χ2v) is 9.86. The van der Waals surface area contributed by atoms with Gasteiger partial charge >= 0.3 is 5.97 Å². The monoisotopic (exact) mass is 435 g/mol. The number of halogens is 1. The summed E-state index contributed by atoms with van der Waals surface area (Å²) in [6.45, 7) is 9.87.